The van der Waals surface area contributed by atoms with Crippen molar-refractivity contribution in [2.45, 2.75) is 12.8 Å². The van der Waals surface area contributed by atoms with Gasteiger partial charge in [-0.3, -0.25) is 0 Å². The summed E-state index contributed by atoms with van der Waals surface area (Å²) in [5, 5.41) is 9.36. The standard InChI is InChI=1S/C11H12O2/c12-9-5-1-2-6-10-7-3-4-8-11(10)13/h1-4,7-9,13H,5-6H2/b2-1-. The summed E-state index contributed by atoms with van der Waals surface area (Å²) in [6.45, 7) is 0. The summed E-state index contributed by atoms with van der Waals surface area (Å²) in [6, 6.07) is 7.18. The van der Waals surface area contributed by atoms with Gasteiger partial charge in [-0.15, -0.1) is 0 Å². The summed E-state index contributed by atoms with van der Waals surface area (Å²) in [6.07, 6.45) is 5.62. The molecule has 0 fully saturated rings. The summed E-state index contributed by atoms with van der Waals surface area (Å²) >= 11 is 0. The van der Waals surface area contributed by atoms with Crippen LogP contribution >= 0.6 is 0 Å². The van der Waals surface area contributed by atoms with Crippen molar-refractivity contribution in [2.24, 2.45) is 0 Å². The van der Waals surface area contributed by atoms with E-state index in [-0.39, 0.29) is 0 Å². The molecule has 0 bridgehead atoms. The number of carbonyl (C=O) groups is 1. The van der Waals surface area contributed by atoms with Crippen LogP contribution < -0.4 is 0 Å². The molecule has 1 aromatic carbocycles. The number of aromatic hydroxyl groups is 1. The molecule has 68 valence electrons. The molecule has 1 aromatic rings. The maximum Gasteiger partial charge on any atom is 0.123 e. The molecule has 0 heterocycles. The SMILES string of the molecule is O=CC/C=C\Cc1ccccc1O. The molecular weight excluding hydrogens is 164 g/mol. The van der Waals surface area contributed by atoms with Gasteiger partial charge in [-0.05, 0) is 18.1 Å². The zero-order chi connectivity index (χ0) is 9.52. The van der Waals surface area contributed by atoms with Crippen molar-refractivity contribution in [1.82, 2.24) is 0 Å². The minimum atomic E-state index is 0.304. The van der Waals surface area contributed by atoms with Crippen LogP contribution in [-0.4, -0.2) is 11.4 Å². The molecule has 0 saturated carbocycles. The van der Waals surface area contributed by atoms with E-state index in [1.807, 2.05) is 18.2 Å². The lowest BCUT2D eigenvalue weighted by Crippen LogP contribution is -1.81. The molecule has 2 nitrogen and oxygen atoms in total. The highest BCUT2D eigenvalue weighted by Gasteiger charge is 1.94. The van der Waals surface area contributed by atoms with Crippen molar-refractivity contribution in [3.05, 3.63) is 42.0 Å². The quantitative estimate of drug-likeness (QED) is 0.563. The van der Waals surface area contributed by atoms with E-state index in [4.69, 9.17) is 0 Å². The van der Waals surface area contributed by atoms with Gasteiger partial charge in [-0.2, -0.15) is 0 Å². The lowest BCUT2D eigenvalue weighted by Gasteiger charge is -1.98. The van der Waals surface area contributed by atoms with Gasteiger partial charge >= 0.3 is 0 Å². The third-order valence-electron chi connectivity index (χ3n) is 1.73. The van der Waals surface area contributed by atoms with Crippen LogP contribution in [0.15, 0.2) is 36.4 Å². The third kappa shape index (κ3) is 3.11. The smallest absolute Gasteiger partial charge is 0.123 e. The van der Waals surface area contributed by atoms with Gasteiger partial charge in [0.05, 0.1) is 0 Å². The molecule has 0 radical (unpaired) electrons. The van der Waals surface area contributed by atoms with E-state index in [9.17, 15) is 9.90 Å². The molecule has 13 heavy (non-hydrogen) atoms. The van der Waals surface area contributed by atoms with Gasteiger partial charge in [0.2, 0.25) is 0 Å². The van der Waals surface area contributed by atoms with E-state index in [0.29, 0.717) is 18.6 Å². The molecular formula is C11H12O2. The maximum absolute atomic E-state index is 9.98. The Morgan fingerprint density at radius 3 is 2.69 bits per heavy atom. The summed E-state index contributed by atoms with van der Waals surface area (Å²) in [5.41, 5.74) is 0.879. The molecule has 0 saturated heterocycles. The predicted octanol–water partition coefficient (Wildman–Crippen LogP) is 2.08. The van der Waals surface area contributed by atoms with Crippen LogP contribution in [0.4, 0.5) is 0 Å². The Morgan fingerprint density at radius 2 is 2.00 bits per heavy atom. The predicted molar refractivity (Wildman–Crippen MR) is 51.6 cm³/mol. The Labute approximate surface area is 77.5 Å². The Morgan fingerprint density at radius 1 is 1.23 bits per heavy atom. The minimum absolute atomic E-state index is 0.304. The number of benzene rings is 1. The molecule has 0 spiro atoms. The second-order valence-electron chi connectivity index (χ2n) is 2.71. The van der Waals surface area contributed by atoms with Crippen LogP contribution in [0.1, 0.15) is 12.0 Å². The van der Waals surface area contributed by atoms with Crippen molar-refractivity contribution in [3.8, 4) is 5.75 Å². The molecule has 0 amide bonds. The molecule has 0 aliphatic rings. The van der Waals surface area contributed by atoms with Crippen LogP contribution in [0.5, 0.6) is 5.75 Å². The highest BCUT2D eigenvalue weighted by atomic mass is 16.3. The number of hydrogen-bond acceptors (Lipinski definition) is 2. The van der Waals surface area contributed by atoms with E-state index in [1.54, 1.807) is 18.2 Å². The van der Waals surface area contributed by atoms with Crippen molar-refractivity contribution in [1.29, 1.82) is 0 Å². The van der Waals surface area contributed by atoms with Gasteiger partial charge in [0.1, 0.15) is 12.0 Å². The van der Waals surface area contributed by atoms with Crippen molar-refractivity contribution >= 4 is 6.29 Å². The van der Waals surface area contributed by atoms with E-state index in [1.165, 1.54) is 0 Å². The Hall–Kier alpha value is -1.57. The van der Waals surface area contributed by atoms with Crippen LogP contribution in [-0.2, 0) is 11.2 Å². The number of para-hydroxylation sites is 1. The summed E-state index contributed by atoms with van der Waals surface area (Å²) in [4.78, 5) is 9.98. The number of carbonyl (C=O) groups excluding carboxylic acids is 1. The second kappa shape index (κ2) is 5.14. The topological polar surface area (TPSA) is 37.3 Å². The van der Waals surface area contributed by atoms with Crippen molar-refractivity contribution in [2.75, 3.05) is 0 Å². The van der Waals surface area contributed by atoms with Crippen LogP contribution in [0.2, 0.25) is 0 Å². The average Bonchev–Trinajstić information content (AvgIpc) is 2.15. The fraction of sp³-hybridized carbons (Fsp3) is 0.182. The normalized spacial score (nSPS) is 10.5. The third-order valence-corrected chi connectivity index (χ3v) is 1.73. The molecule has 1 N–H and O–H groups in total. The first-order chi connectivity index (χ1) is 6.34. The van der Waals surface area contributed by atoms with E-state index in [0.717, 1.165) is 11.8 Å². The lowest BCUT2D eigenvalue weighted by molar-refractivity contribution is -0.107. The fourth-order valence-corrected chi connectivity index (χ4v) is 1.05. The molecule has 2 heteroatoms. The Kier molecular flexibility index (Phi) is 3.76. The molecule has 0 aliphatic heterocycles. The van der Waals surface area contributed by atoms with Crippen LogP contribution in [0.3, 0.4) is 0 Å². The van der Waals surface area contributed by atoms with Crippen LogP contribution in [0.25, 0.3) is 0 Å². The number of hydrogen-bond donors (Lipinski definition) is 1. The summed E-state index contributed by atoms with van der Waals surface area (Å²) < 4.78 is 0. The average molecular weight is 176 g/mol. The first-order valence-corrected chi connectivity index (χ1v) is 4.20. The summed E-state index contributed by atoms with van der Waals surface area (Å²) in [7, 11) is 0. The largest absolute Gasteiger partial charge is 0.508 e. The van der Waals surface area contributed by atoms with Gasteiger partial charge in [0.25, 0.3) is 0 Å². The van der Waals surface area contributed by atoms with Gasteiger partial charge in [0, 0.05) is 6.42 Å². The number of aldehydes is 1. The van der Waals surface area contributed by atoms with Crippen molar-refractivity contribution < 1.29 is 9.90 Å². The molecule has 0 aliphatic carbocycles. The monoisotopic (exact) mass is 176 g/mol. The van der Waals surface area contributed by atoms with Gasteiger partial charge < -0.3 is 9.90 Å². The highest BCUT2D eigenvalue weighted by molar-refractivity contribution is 5.51. The zero-order valence-corrected chi connectivity index (χ0v) is 7.31. The highest BCUT2D eigenvalue weighted by Crippen LogP contribution is 2.16. The maximum atomic E-state index is 9.98. The number of phenols is 1. The Balaban J connectivity index is 2.54. The fourth-order valence-electron chi connectivity index (χ4n) is 1.05. The molecule has 1 rings (SSSR count). The number of phenolic OH excluding ortho intramolecular Hbond substituents is 1. The zero-order valence-electron chi connectivity index (χ0n) is 7.31. The summed E-state index contributed by atoms with van der Waals surface area (Å²) in [5.74, 6) is 0.304. The molecule has 0 aromatic heterocycles. The minimum Gasteiger partial charge on any atom is -0.508 e. The van der Waals surface area contributed by atoms with Gasteiger partial charge in [0.15, 0.2) is 0 Å². The van der Waals surface area contributed by atoms with Gasteiger partial charge in [-0.25, -0.2) is 0 Å². The molecule has 0 atom stereocenters. The lowest BCUT2D eigenvalue weighted by atomic mass is 10.1. The first-order valence-electron chi connectivity index (χ1n) is 4.20. The second-order valence-corrected chi connectivity index (χ2v) is 2.71. The molecule has 0 unspecified atom stereocenters. The number of rotatable bonds is 4. The van der Waals surface area contributed by atoms with E-state index >= 15 is 0 Å². The van der Waals surface area contributed by atoms with Gasteiger partial charge in [-0.1, -0.05) is 30.4 Å². The number of allylic oxidation sites excluding steroid dienone is 2. The Bertz CT molecular complexity index is 303. The van der Waals surface area contributed by atoms with E-state index in [2.05, 4.69) is 0 Å². The van der Waals surface area contributed by atoms with Crippen LogP contribution in [0, 0.1) is 0 Å². The first kappa shape index (κ1) is 9.52. The van der Waals surface area contributed by atoms with Crippen molar-refractivity contribution in [3.63, 3.8) is 0 Å². The van der Waals surface area contributed by atoms with E-state index < -0.39 is 0 Å².